The standard InChI is InChI=1S/C5H12N4O2/c1-9(5(11)8-7)3-2-4(6)10/h2-3,7H2,1H3,(H2,6,10)(H,8,11). The number of nitrogens with two attached hydrogens (primary N) is 2. The minimum Gasteiger partial charge on any atom is -0.370 e. The van der Waals surface area contributed by atoms with Crippen LogP contribution in [0.1, 0.15) is 6.42 Å². The monoisotopic (exact) mass is 160 g/mol. The first-order chi connectivity index (χ1) is 5.07. The Morgan fingerprint density at radius 3 is 2.45 bits per heavy atom. The van der Waals surface area contributed by atoms with Crippen LogP contribution in [-0.4, -0.2) is 30.4 Å². The van der Waals surface area contributed by atoms with E-state index < -0.39 is 11.9 Å². The van der Waals surface area contributed by atoms with Crippen molar-refractivity contribution in [3.63, 3.8) is 0 Å². The number of nitrogens with zero attached hydrogens (tertiary/aromatic N) is 1. The molecule has 0 aliphatic carbocycles. The molecular weight excluding hydrogens is 148 g/mol. The van der Waals surface area contributed by atoms with E-state index in [2.05, 4.69) is 0 Å². The van der Waals surface area contributed by atoms with Crippen LogP contribution in [0, 0.1) is 0 Å². The van der Waals surface area contributed by atoms with Crippen LogP contribution in [0.2, 0.25) is 0 Å². The average Bonchev–Trinajstić information content (AvgIpc) is 1.98. The lowest BCUT2D eigenvalue weighted by Crippen LogP contribution is -2.42. The second kappa shape index (κ2) is 4.51. The number of amides is 3. The van der Waals surface area contributed by atoms with Crippen LogP contribution in [0.5, 0.6) is 0 Å². The second-order valence-electron chi connectivity index (χ2n) is 2.09. The van der Waals surface area contributed by atoms with E-state index in [1.165, 1.54) is 11.9 Å². The molecule has 6 nitrogen and oxygen atoms in total. The van der Waals surface area contributed by atoms with E-state index >= 15 is 0 Å². The Balaban J connectivity index is 3.60. The molecule has 0 aromatic rings. The fourth-order valence-electron chi connectivity index (χ4n) is 0.490. The molecule has 0 atom stereocenters. The van der Waals surface area contributed by atoms with Crippen molar-refractivity contribution in [1.29, 1.82) is 0 Å². The number of primary amides is 1. The van der Waals surface area contributed by atoms with Crippen LogP contribution in [0.4, 0.5) is 4.79 Å². The molecule has 0 fully saturated rings. The maximum atomic E-state index is 10.7. The van der Waals surface area contributed by atoms with Crippen LogP contribution in [-0.2, 0) is 4.79 Å². The minimum atomic E-state index is -0.443. The van der Waals surface area contributed by atoms with Gasteiger partial charge in [-0.1, -0.05) is 0 Å². The summed E-state index contributed by atoms with van der Waals surface area (Å²) in [5.41, 5.74) is 6.78. The molecule has 5 N–H and O–H groups in total. The maximum absolute atomic E-state index is 10.7. The van der Waals surface area contributed by atoms with Gasteiger partial charge >= 0.3 is 6.03 Å². The molecule has 0 saturated carbocycles. The zero-order valence-corrected chi connectivity index (χ0v) is 6.33. The first-order valence-electron chi connectivity index (χ1n) is 3.08. The van der Waals surface area contributed by atoms with Gasteiger partial charge in [0.1, 0.15) is 0 Å². The van der Waals surface area contributed by atoms with Crippen molar-refractivity contribution in [2.45, 2.75) is 6.42 Å². The Morgan fingerprint density at radius 2 is 2.09 bits per heavy atom. The normalized spacial score (nSPS) is 8.91. The lowest BCUT2D eigenvalue weighted by Gasteiger charge is -2.14. The van der Waals surface area contributed by atoms with Gasteiger partial charge < -0.3 is 10.6 Å². The topological polar surface area (TPSA) is 101 Å². The smallest absolute Gasteiger partial charge is 0.331 e. The van der Waals surface area contributed by atoms with E-state index in [-0.39, 0.29) is 13.0 Å². The zero-order valence-electron chi connectivity index (χ0n) is 6.33. The summed E-state index contributed by atoms with van der Waals surface area (Å²) in [6.45, 7) is 0.276. The van der Waals surface area contributed by atoms with Crippen molar-refractivity contribution in [3.05, 3.63) is 0 Å². The lowest BCUT2D eigenvalue weighted by molar-refractivity contribution is -0.118. The van der Waals surface area contributed by atoms with Crippen molar-refractivity contribution in [1.82, 2.24) is 10.3 Å². The Morgan fingerprint density at radius 1 is 1.55 bits per heavy atom. The van der Waals surface area contributed by atoms with Crippen molar-refractivity contribution < 1.29 is 9.59 Å². The molecule has 0 unspecified atom stereocenters. The van der Waals surface area contributed by atoms with Gasteiger partial charge in [0, 0.05) is 20.0 Å². The fourth-order valence-corrected chi connectivity index (χ4v) is 0.490. The van der Waals surface area contributed by atoms with Gasteiger partial charge in [0.2, 0.25) is 5.91 Å². The Hall–Kier alpha value is -1.30. The Bertz CT molecular complexity index is 159. The Labute approximate surface area is 64.5 Å². The van der Waals surface area contributed by atoms with Gasteiger partial charge in [-0.05, 0) is 0 Å². The Kier molecular flexibility index (Phi) is 3.97. The number of hydrazine groups is 1. The van der Waals surface area contributed by atoms with E-state index in [4.69, 9.17) is 11.6 Å². The predicted octanol–water partition coefficient (Wildman–Crippen LogP) is -1.62. The molecule has 3 amide bonds. The van der Waals surface area contributed by atoms with Gasteiger partial charge in [0.25, 0.3) is 0 Å². The molecule has 0 radical (unpaired) electrons. The first kappa shape index (κ1) is 9.70. The number of carbonyl (C=O) groups excluding carboxylic acids is 2. The van der Waals surface area contributed by atoms with Gasteiger partial charge in [-0.15, -0.1) is 0 Å². The molecule has 0 heterocycles. The van der Waals surface area contributed by atoms with E-state index in [9.17, 15) is 9.59 Å². The highest BCUT2D eigenvalue weighted by Crippen LogP contribution is 1.85. The molecule has 11 heavy (non-hydrogen) atoms. The van der Waals surface area contributed by atoms with Gasteiger partial charge in [0.05, 0.1) is 0 Å². The fraction of sp³-hybridized carbons (Fsp3) is 0.600. The molecule has 0 bridgehead atoms. The predicted molar refractivity (Wildman–Crippen MR) is 39.2 cm³/mol. The van der Waals surface area contributed by atoms with Crippen molar-refractivity contribution in [2.24, 2.45) is 11.6 Å². The van der Waals surface area contributed by atoms with Crippen LogP contribution in [0.25, 0.3) is 0 Å². The molecule has 6 heteroatoms. The highest BCUT2D eigenvalue weighted by molar-refractivity contribution is 5.76. The van der Waals surface area contributed by atoms with Crippen molar-refractivity contribution in [3.8, 4) is 0 Å². The number of rotatable bonds is 3. The molecule has 0 spiro atoms. The highest BCUT2D eigenvalue weighted by Gasteiger charge is 2.06. The number of carbonyl (C=O) groups is 2. The van der Waals surface area contributed by atoms with Crippen LogP contribution < -0.4 is 17.0 Å². The van der Waals surface area contributed by atoms with E-state index in [1.807, 2.05) is 5.43 Å². The minimum absolute atomic E-state index is 0.143. The third kappa shape index (κ3) is 4.15. The summed E-state index contributed by atoms with van der Waals surface area (Å²) in [5, 5.41) is 0. The first-order valence-corrected chi connectivity index (χ1v) is 3.08. The highest BCUT2D eigenvalue weighted by atomic mass is 16.2. The van der Waals surface area contributed by atoms with Gasteiger partial charge in [-0.25, -0.2) is 10.6 Å². The molecule has 0 aromatic heterocycles. The van der Waals surface area contributed by atoms with Gasteiger partial charge in [-0.3, -0.25) is 10.2 Å². The largest absolute Gasteiger partial charge is 0.370 e. The molecule has 0 rings (SSSR count). The molecule has 0 aliphatic rings. The van der Waals surface area contributed by atoms with Crippen LogP contribution >= 0.6 is 0 Å². The molecular formula is C5H12N4O2. The van der Waals surface area contributed by atoms with Crippen LogP contribution in [0.3, 0.4) is 0 Å². The zero-order chi connectivity index (χ0) is 8.85. The number of nitrogens with one attached hydrogen (secondary N) is 1. The van der Waals surface area contributed by atoms with Crippen LogP contribution in [0.15, 0.2) is 0 Å². The van der Waals surface area contributed by atoms with E-state index in [1.54, 1.807) is 0 Å². The summed E-state index contributed by atoms with van der Waals surface area (Å²) in [6.07, 6.45) is 0.143. The third-order valence-electron chi connectivity index (χ3n) is 1.16. The summed E-state index contributed by atoms with van der Waals surface area (Å²) < 4.78 is 0. The second-order valence-corrected chi connectivity index (χ2v) is 2.09. The summed E-state index contributed by atoms with van der Waals surface area (Å²) in [5.74, 6) is 4.38. The van der Waals surface area contributed by atoms with E-state index in [0.29, 0.717) is 0 Å². The molecule has 64 valence electrons. The summed E-state index contributed by atoms with van der Waals surface area (Å²) >= 11 is 0. The van der Waals surface area contributed by atoms with Gasteiger partial charge in [-0.2, -0.15) is 0 Å². The quantitative estimate of drug-likeness (QED) is 0.262. The summed E-state index contributed by atoms with van der Waals surface area (Å²) in [4.78, 5) is 22.2. The van der Waals surface area contributed by atoms with Crippen molar-refractivity contribution in [2.75, 3.05) is 13.6 Å². The molecule has 0 aromatic carbocycles. The summed E-state index contributed by atoms with van der Waals surface area (Å²) in [7, 11) is 1.52. The molecule has 0 saturated heterocycles. The van der Waals surface area contributed by atoms with Gasteiger partial charge in [0.15, 0.2) is 0 Å². The van der Waals surface area contributed by atoms with E-state index in [0.717, 1.165) is 0 Å². The maximum Gasteiger partial charge on any atom is 0.331 e. The number of hydrogen-bond donors (Lipinski definition) is 3. The number of hydrogen-bond acceptors (Lipinski definition) is 3. The van der Waals surface area contributed by atoms with Crippen molar-refractivity contribution >= 4 is 11.9 Å². The third-order valence-corrected chi connectivity index (χ3v) is 1.16. The average molecular weight is 160 g/mol. The lowest BCUT2D eigenvalue weighted by atomic mass is 10.4. The summed E-state index contributed by atoms with van der Waals surface area (Å²) in [6, 6.07) is -0.439. The SMILES string of the molecule is CN(CCC(N)=O)C(=O)NN. The molecule has 0 aliphatic heterocycles. The number of urea groups is 1.